The Labute approximate surface area is 120 Å². The van der Waals surface area contributed by atoms with Gasteiger partial charge in [0.05, 0.1) is 6.54 Å². The Hall–Kier alpha value is -1.84. The maximum absolute atomic E-state index is 12.3. The second-order valence-electron chi connectivity index (χ2n) is 5.45. The minimum Gasteiger partial charge on any atom is -0.338 e. The van der Waals surface area contributed by atoms with Gasteiger partial charge in [0.1, 0.15) is 0 Å². The van der Waals surface area contributed by atoms with E-state index in [9.17, 15) is 9.59 Å². The highest BCUT2D eigenvalue weighted by molar-refractivity contribution is 5.84. The molecule has 2 rings (SSSR count). The first-order valence-corrected chi connectivity index (χ1v) is 7.13. The van der Waals surface area contributed by atoms with Crippen molar-refractivity contribution in [3.63, 3.8) is 0 Å². The normalized spacial score (nSPS) is 18.1. The first kappa shape index (κ1) is 14.6. The van der Waals surface area contributed by atoms with E-state index in [0.717, 1.165) is 25.8 Å². The first-order valence-electron chi connectivity index (χ1n) is 7.13. The molecule has 4 heteroatoms. The molecule has 1 heterocycles. The molecule has 1 unspecified atom stereocenters. The van der Waals surface area contributed by atoms with Crippen LogP contribution < -0.4 is 0 Å². The zero-order valence-electron chi connectivity index (χ0n) is 12.2. The number of amides is 2. The lowest BCUT2D eigenvalue weighted by molar-refractivity contribution is -0.138. The second kappa shape index (κ2) is 6.55. The van der Waals surface area contributed by atoms with Crippen LogP contribution in [0.25, 0.3) is 0 Å². The molecule has 0 saturated carbocycles. The summed E-state index contributed by atoms with van der Waals surface area (Å²) in [5, 5.41) is 0. The van der Waals surface area contributed by atoms with Gasteiger partial charge in [-0.15, -0.1) is 0 Å². The predicted molar refractivity (Wildman–Crippen MR) is 78.2 cm³/mol. The van der Waals surface area contributed by atoms with Crippen LogP contribution in [0, 0.1) is 0 Å². The maximum atomic E-state index is 12.3. The topological polar surface area (TPSA) is 40.6 Å². The van der Waals surface area contributed by atoms with Crippen LogP contribution >= 0.6 is 0 Å². The summed E-state index contributed by atoms with van der Waals surface area (Å²) in [4.78, 5) is 26.9. The van der Waals surface area contributed by atoms with E-state index in [4.69, 9.17) is 0 Å². The Kier molecular flexibility index (Phi) is 4.77. The second-order valence-corrected chi connectivity index (χ2v) is 5.45. The number of carbonyl (C=O) groups is 2. The molecule has 2 amide bonds. The number of hydrogen-bond acceptors (Lipinski definition) is 2. The molecule has 1 atom stereocenters. The van der Waals surface area contributed by atoms with E-state index in [1.165, 1.54) is 17.4 Å². The summed E-state index contributed by atoms with van der Waals surface area (Å²) < 4.78 is 0. The minimum absolute atomic E-state index is 0.0566. The van der Waals surface area contributed by atoms with Gasteiger partial charge in [-0.2, -0.15) is 0 Å². The Morgan fingerprint density at radius 3 is 2.65 bits per heavy atom. The van der Waals surface area contributed by atoms with Crippen molar-refractivity contribution in [2.24, 2.45) is 0 Å². The van der Waals surface area contributed by atoms with Crippen molar-refractivity contribution < 1.29 is 9.59 Å². The lowest BCUT2D eigenvalue weighted by atomic mass is 10.0. The van der Waals surface area contributed by atoms with Crippen LogP contribution in [0.15, 0.2) is 30.3 Å². The number of likely N-dealkylation sites (tertiary alicyclic amines) is 1. The molecule has 0 N–H and O–H groups in total. The molecular weight excluding hydrogens is 252 g/mol. The Morgan fingerprint density at radius 1 is 1.30 bits per heavy atom. The molecule has 1 aliphatic heterocycles. The average Bonchev–Trinajstić information content (AvgIpc) is 2.88. The molecule has 1 fully saturated rings. The van der Waals surface area contributed by atoms with E-state index in [-0.39, 0.29) is 24.4 Å². The van der Waals surface area contributed by atoms with Crippen molar-refractivity contribution in [1.82, 2.24) is 9.80 Å². The quantitative estimate of drug-likeness (QED) is 0.838. The number of hydrogen-bond donors (Lipinski definition) is 0. The lowest BCUT2D eigenvalue weighted by Gasteiger charge is -2.27. The van der Waals surface area contributed by atoms with Crippen LogP contribution in [0.4, 0.5) is 0 Å². The third kappa shape index (κ3) is 3.59. The van der Waals surface area contributed by atoms with Gasteiger partial charge in [-0.3, -0.25) is 9.59 Å². The number of nitrogens with zero attached hydrogens (tertiary/aromatic N) is 2. The highest BCUT2D eigenvalue weighted by Crippen LogP contribution is 2.21. The van der Waals surface area contributed by atoms with Gasteiger partial charge in [0.15, 0.2) is 0 Å². The summed E-state index contributed by atoms with van der Waals surface area (Å²) in [6, 6.07) is 10.5. The van der Waals surface area contributed by atoms with Crippen LogP contribution in [0.2, 0.25) is 0 Å². The van der Waals surface area contributed by atoms with E-state index in [1.807, 2.05) is 23.1 Å². The summed E-state index contributed by atoms with van der Waals surface area (Å²) in [6.45, 7) is 2.47. The van der Waals surface area contributed by atoms with Gasteiger partial charge in [0.2, 0.25) is 11.8 Å². The van der Waals surface area contributed by atoms with Crippen molar-refractivity contribution in [3.05, 3.63) is 35.9 Å². The van der Waals surface area contributed by atoms with Gasteiger partial charge < -0.3 is 9.80 Å². The van der Waals surface area contributed by atoms with Crippen molar-refractivity contribution >= 4 is 11.8 Å². The largest absolute Gasteiger partial charge is 0.338 e. The third-order valence-corrected chi connectivity index (χ3v) is 3.92. The third-order valence-electron chi connectivity index (χ3n) is 3.92. The van der Waals surface area contributed by atoms with Crippen molar-refractivity contribution in [3.8, 4) is 0 Å². The van der Waals surface area contributed by atoms with Crippen LogP contribution in [0.1, 0.15) is 25.3 Å². The van der Waals surface area contributed by atoms with Crippen molar-refractivity contribution in [2.75, 3.05) is 20.1 Å². The zero-order valence-corrected chi connectivity index (χ0v) is 12.2. The molecular formula is C16H22N2O2. The average molecular weight is 274 g/mol. The van der Waals surface area contributed by atoms with E-state index >= 15 is 0 Å². The number of rotatable bonds is 4. The van der Waals surface area contributed by atoms with Gasteiger partial charge >= 0.3 is 0 Å². The number of carbonyl (C=O) groups excluding carboxylic acids is 2. The van der Waals surface area contributed by atoms with Crippen molar-refractivity contribution in [1.29, 1.82) is 0 Å². The molecule has 108 valence electrons. The van der Waals surface area contributed by atoms with Crippen LogP contribution in [-0.4, -0.2) is 47.8 Å². The summed E-state index contributed by atoms with van der Waals surface area (Å²) in [5.41, 5.74) is 1.26. The molecule has 1 aromatic rings. The predicted octanol–water partition coefficient (Wildman–Crippen LogP) is 1.70. The van der Waals surface area contributed by atoms with Crippen molar-refractivity contribution in [2.45, 2.75) is 32.2 Å². The SMILES string of the molecule is CC(=O)N(C)CC(=O)N1CCCC1Cc1ccccc1. The van der Waals surface area contributed by atoms with Gasteiger partial charge in [-0.25, -0.2) is 0 Å². The Balaban J connectivity index is 1.96. The molecule has 0 aliphatic carbocycles. The van der Waals surface area contributed by atoms with Gasteiger partial charge in [0.25, 0.3) is 0 Å². The fourth-order valence-corrected chi connectivity index (χ4v) is 2.67. The fraction of sp³-hybridized carbons (Fsp3) is 0.500. The number of likely N-dealkylation sites (N-methyl/N-ethyl adjacent to an activating group) is 1. The smallest absolute Gasteiger partial charge is 0.242 e. The monoisotopic (exact) mass is 274 g/mol. The molecule has 0 radical (unpaired) electrons. The first-order chi connectivity index (χ1) is 9.58. The van der Waals surface area contributed by atoms with E-state index < -0.39 is 0 Å². The molecule has 1 aromatic carbocycles. The highest BCUT2D eigenvalue weighted by Gasteiger charge is 2.29. The fourth-order valence-electron chi connectivity index (χ4n) is 2.67. The molecule has 4 nitrogen and oxygen atoms in total. The molecule has 20 heavy (non-hydrogen) atoms. The molecule has 0 spiro atoms. The Bertz CT molecular complexity index is 473. The summed E-state index contributed by atoms with van der Waals surface area (Å²) in [7, 11) is 1.67. The zero-order chi connectivity index (χ0) is 14.5. The standard InChI is InChI=1S/C16H22N2O2/c1-13(19)17(2)12-16(20)18-10-6-9-15(18)11-14-7-4-3-5-8-14/h3-5,7-8,15H,6,9-12H2,1-2H3. The summed E-state index contributed by atoms with van der Waals surface area (Å²) >= 11 is 0. The molecule has 0 bridgehead atoms. The number of benzene rings is 1. The maximum Gasteiger partial charge on any atom is 0.242 e. The van der Waals surface area contributed by atoms with E-state index in [2.05, 4.69) is 12.1 Å². The van der Waals surface area contributed by atoms with Crippen LogP contribution in [-0.2, 0) is 16.0 Å². The lowest BCUT2D eigenvalue weighted by Crippen LogP contribution is -2.43. The highest BCUT2D eigenvalue weighted by atomic mass is 16.2. The van der Waals surface area contributed by atoms with Gasteiger partial charge in [-0.1, -0.05) is 30.3 Å². The summed E-state index contributed by atoms with van der Waals surface area (Å²) in [6.07, 6.45) is 2.99. The minimum atomic E-state index is -0.0721. The molecule has 1 saturated heterocycles. The summed E-state index contributed by atoms with van der Waals surface area (Å²) in [5.74, 6) is -0.0155. The van der Waals surface area contributed by atoms with Gasteiger partial charge in [-0.05, 0) is 24.8 Å². The van der Waals surface area contributed by atoms with E-state index in [1.54, 1.807) is 7.05 Å². The molecule has 0 aromatic heterocycles. The van der Waals surface area contributed by atoms with Crippen LogP contribution in [0.5, 0.6) is 0 Å². The Morgan fingerprint density at radius 2 is 2.00 bits per heavy atom. The molecule has 1 aliphatic rings. The van der Waals surface area contributed by atoms with Crippen LogP contribution in [0.3, 0.4) is 0 Å². The van der Waals surface area contributed by atoms with E-state index in [0.29, 0.717) is 0 Å². The van der Waals surface area contributed by atoms with Gasteiger partial charge in [0, 0.05) is 26.6 Å².